The number of benzene rings is 2. The van der Waals surface area contributed by atoms with Crippen LogP contribution in [0.4, 0.5) is 5.95 Å². The van der Waals surface area contributed by atoms with Crippen molar-refractivity contribution in [3.05, 3.63) is 70.0 Å². The number of nitrogens with zero attached hydrogens (tertiary/aromatic N) is 4. The SMILES string of the molecule is CCCN(c1nc(C)n(-c2ccc(Cl)cc2Cl)n1)[C@@H](CC1CC1)c1ccccc1. The van der Waals surface area contributed by atoms with Crippen molar-refractivity contribution in [3.63, 3.8) is 0 Å². The molecule has 1 atom stereocenters. The van der Waals surface area contributed by atoms with Gasteiger partial charge in [0.05, 0.1) is 16.8 Å². The molecule has 4 nitrogen and oxygen atoms in total. The summed E-state index contributed by atoms with van der Waals surface area (Å²) < 4.78 is 1.82. The van der Waals surface area contributed by atoms with Crippen molar-refractivity contribution in [1.82, 2.24) is 14.8 Å². The van der Waals surface area contributed by atoms with Crippen LogP contribution in [0.25, 0.3) is 5.69 Å². The summed E-state index contributed by atoms with van der Waals surface area (Å²) in [6, 6.07) is 16.5. The Morgan fingerprint density at radius 1 is 1.14 bits per heavy atom. The highest BCUT2D eigenvalue weighted by atomic mass is 35.5. The molecule has 29 heavy (non-hydrogen) atoms. The van der Waals surface area contributed by atoms with E-state index in [-0.39, 0.29) is 6.04 Å². The maximum atomic E-state index is 6.43. The zero-order valence-corrected chi connectivity index (χ0v) is 18.4. The predicted molar refractivity (Wildman–Crippen MR) is 120 cm³/mol. The molecule has 0 amide bonds. The van der Waals surface area contributed by atoms with Gasteiger partial charge in [0.2, 0.25) is 5.95 Å². The lowest BCUT2D eigenvalue weighted by atomic mass is 9.99. The first-order valence-electron chi connectivity index (χ1n) is 10.3. The number of aromatic nitrogens is 3. The zero-order chi connectivity index (χ0) is 20.4. The molecule has 0 unspecified atom stereocenters. The predicted octanol–water partition coefficient (Wildman–Crippen LogP) is 6.64. The summed E-state index contributed by atoms with van der Waals surface area (Å²) in [4.78, 5) is 7.19. The van der Waals surface area contributed by atoms with E-state index in [9.17, 15) is 0 Å². The Balaban J connectivity index is 1.72. The molecular weight excluding hydrogens is 403 g/mol. The maximum absolute atomic E-state index is 6.43. The Kier molecular flexibility index (Phi) is 6.12. The quantitative estimate of drug-likeness (QED) is 0.403. The first-order valence-corrected chi connectivity index (χ1v) is 11.0. The third-order valence-electron chi connectivity index (χ3n) is 5.43. The Morgan fingerprint density at radius 3 is 2.55 bits per heavy atom. The molecular formula is C23H26Cl2N4. The minimum atomic E-state index is 0.277. The second-order valence-electron chi connectivity index (χ2n) is 7.77. The molecule has 0 aliphatic heterocycles. The van der Waals surface area contributed by atoms with Crippen LogP contribution in [0.3, 0.4) is 0 Å². The van der Waals surface area contributed by atoms with Gasteiger partial charge in [-0.05, 0) is 49.4 Å². The van der Waals surface area contributed by atoms with Gasteiger partial charge in [-0.2, -0.15) is 4.98 Å². The summed E-state index contributed by atoms with van der Waals surface area (Å²) in [7, 11) is 0. The van der Waals surface area contributed by atoms with Gasteiger partial charge in [-0.1, -0.05) is 73.3 Å². The molecule has 0 saturated heterocycles. The lowest BCUT2D eigenvalue weighted by molar-refractivity contribution is 0.527. The molecule has 6 heteroatoms. The molecule has 1 fully saturated rings. The minimum Gasteiger partial charge on any atom is -0.332 e. The Labute approximate surface area is 182 Å². The van der Waals surface area contributed by atoms with Crippen LogP contribution in [0.1, 0.15) is 50.0 Å². The Morgan fingerprint density at radius 2 is 1.90 bits per heavy atom. The van der Waals surface area contributed by atoms with Crippen LogP contribution < -0.4 is 4.90 Å². The zero-order valence-electron chi connectivity index (χ0n) is 16.9. The molecule has 1 aromatic heterocycles. The molecule has 1 heterocycles. The Bertz CT molecular complexity index is 966. The van der Waals surface area contributed by atoms with Gasteiger partial charge in [-0.15, -0.1) is 5.10 Å². The fourth-order valence-corrected chi connectivity index (χ4v) is 4.29. The lowest BCUT2D eigenvalue weighted by Gasteiger charge is -2.31. The minimum absolute atomic E-state index is 0.277. The molecule has 0 spiro atoms. The van der Waals surface area contributed by atoms with Crippen LogP contribution in [0.2, 0.25) is 10.0 Å². The highest BCUT2D eigenvalue weighted by Crippen LogP contribution is 2.41. The van der Waals surface area contributed by atoms with E-state index in [0.29, 0.717) is 10.0 Å². The molecule has 0 bridgehead atoms. The van der Waals surface area contributed by atoms with E-state index in [2.05, 4.69) is 42.2 Å². The van der Waals surface area contributed by atoms with Gasteiger partial charge < -0.3 is 4.90 Å². The summed E-state index contributed by atoms with van der Waals surface area (Å²) in [5, 5.41) is 6.04. The molecule has 1 aliphatic carbocycles. The Hall–Kier alpha value is -2.04. The van der Waals surface area contributed by atoms with E-state index in [1.165, 1.54) is 18.4 Å². The molecule has 2 aromatic carbocycles. The van der Waals surface area contributed by atoms with Crippen LogP contribution >= 0.6 is 23.2 Å². The smallest absolute Gasteiger partial charge is 0.245 e. The van der Waals surface area contributed by atoms with Crippen molar-refractivity contribution in [3.8, 4) is 5.69 Å². The van der Waals surface area contributed by atoms with E-state index < -0.39 is 0 Å². The van der Waals surface area contributed by atoms with Gasteiger partial charge in [0.15, 0.2) is 0 Å². The van der Waals surface area contributed by atoms with Crippen LogP contribution in [0.5, 0.6) is 0 Å². The third kappa shape index (κ3) is 4.59. The van der Waals surface area contributed by atoms with Crippen LogP contribution in [0.15, 0.2) is 48.5 Å². The summed E-state index contributed by atoms with van der Waals surface area (Å²) in [5.74, 6) is 2.36. The van der Waals surface area contributed by atoms with Gasteiger partial charge in [0, 0.05) is 11.6 Å². The van der Waals surface area contributed by atoms with Gasteiger partial charge in [-0.25, -0.2) is 4.68 Å². The largest absolute Gasteiger partial charge is 0.332 e. The topological polar surface area (TPSA) is 34.0 Å². The molecule has 0 radical (unpaired) electrons. The van der Waals surface area contributed by atoms with Crippen molar-refractivity contribution in [2.75, 3.05) is 11.4 Å². The third-order valence-corrected chi connectivity index (χ3v) is 5.97. The van der Waals surface area contributed by atoms with Crippen molar-refractivity contribution < 1.29 is 0 Å². The highest BCUT2D eigenvalue weighted by molar-refractivity contribution is 6.35. The maximum Gasteiger partial charge on any atom is 0.245 e. The standard InChI is InChI=1S/C23H26Cl2N4/c1-3-13-28(22(14-17-9-10-17)18-7-5-4-6-8-18)23-26-16(2)29(27-23)21-12-11-19(24)15-20(21)25/h4-8,11-12,15,17,22H,3,9-10,13-14H2,1-2H3/t22-/m0/s1. The van der Waals surface area contributed by atoms with Crippen LogP contribution in [-0.4, -0.2) is 21.3 Å². The number of hydrogen-bond acceptors (Lipinski definition) is 3. The fraction of sp³-hybridized carbons (Fsp3) is 0.391. The van der Waals surface area contributed by atoms with Gasteiger partial charge in [0.1, 0.15) is 5.82 Å². The van der Waals surface area contributed by atoms with E-state index >= 15 is 0 Å². The first-order chi connectivity index (χ1) is 14.1. The molecule has 152 valence electrons. The van der Waals surface area contributed by atoms with E-state index in [4.69, 9.17) is 33.3 Å². The molecule has 4 rings (SSSR count). The summed E-state index contributed by atoms with van der Waals surface area (Å²) >= 11 is 12.5. The van der Waals surface area contributed by atoms with Crippen LogP contribution in [0, 0.1) is 12.8 Å². The average Bonchev–Trinajstić information content (AvgIpc) is 3.46. The molecule has 1 aliphatic rings. The monoisotopic (exact) mass is 428 g/mol. The normalized spacial score (nSPS) is 14.8. The number of hydrogen-bond donors (Lipinski definition) is 0. The van der Waals surface area contributed by atoms with Crippen molar-refractivity contribution in [1.29, 1.82) is 0 Å². The van der Waals surface area contributed by atoms with E-state index in [1.807, 2.05) is 23.7 Å². The van der Waals surface area contributed by atoms with Crippen molar-refractivity contribution in [2.45, 2.75) is 45.6 Å². The van der Waals surface area contributed by atoms with Gasteiger partial charge >= 0.3 is 0 Å². The van der Waals surface area contributed by atoms with Crippen LogP contribution in [-0.2, 0) is 0 Å². The number of aryl methyl sites for hydroxylation is 1. The van der Waals surface area contributed by atoms with Gasteiger partial charge in [-0.3, -0.25) is 0 Å². The number of rotatable bonds is 8. The second kappa shape index (κ2) is 8.76. The van der Waals surface area contributed by atoms with Crippen molar-refractivity contribution in [2.24, 2.45) is 5.92 Å². The molecule has 0 N–H and O–H groups in total. The second-order valence-corrected chi connectivity index (χ2v) is 8.61. The summed E-state index contributed by atoms with van der Waals surface area (Å²) in [6.45, 7) is 5.07. The van der Waals surface area contributed by atoms with E-state index in [0.717, 1.165) is 42.8 Å². The number of anilines is 1. The molecule has 3 aromatic rings. The highest BCUT2D eigenvalue weighted by Gasteiger charge is 2.31. The van der Waals surface area contributed by atoms with E-state index in [1.54, 1.807) is 6.07 Å². The lowest BCUT2D eigenvalue weighted by Crippen LogP contribution is -2.31. The summed E-state index contributed by atoms with van der Waals surface area (Å²) in [6.07, 6.45) is 4.82. The average molecular weight is 429 g/mol. The molecule has 1 saturated carbocycles. The number of halogens is 2. The summed E-state index contributed by atoms with van der Waals surface area (Å²) in [5.41, 5.74) is 2.12. The van der Waals surface area contributed by atoms with Crippen molar-refractivity contribution >= 4 is 29.2 Å². The van der Waals surface area contributed by atoms with Gasteiger partial charge in [0.25, 0.3) is 0 Å². The first kappa shape index (κ1) is 20.2. The fourth-order valence-electron chi connectivity index (χ4n) is 3.80.